The Morgan fingerprint density at radius 3 is 2.52 bits per heavy atom. The lowest BCUT2D eigenvalue weighted by Crippen LogP contribution is -2.35. The van der Waals surface area contributed by atoms with Crippen LogP contribution in [0.5, 0.6) is 0 Å². The van der Waals surface area contributed by atoms with Gasteiger partial charge in [0.05, 0.1) is 6.10 Å². The van der Waals surface area contributed by atoms with Crippen LogP contribution in [0.1, 0.15) is 52.4 Å². The van der Waals surface area contributed by atoms with Gasteiger partial charge in [0.25, 0.3) is 11.8 Å². The Hall–Kier alpha value is -1.69. The number of carbonyl (C=O) groups is 3. The van der Waals surface area contributed by atoms with Gasteiger partial charge in [0.15, 0.2) is 0 Å². The second kappa shape index (κ2) is 10.9. The highest BCUT2D eigenvalue weighted by atomic mass is 16.5. The van der Waals surface area contributed by atoms with Crippen molar-refractivity contribution >= 4 is 17.7 Å². The maximum absolute atomic E-state index is 11.7. The van der Waals surface area contributed by atoms with Gasteiger partial charge in [-0.15, -0.1) is 0 Å². The van der Waals surface area contributed by atoms with Gasteiger partial charge in [0.1, 0.15) is 6.61 Å². The number of rotatable bonds is 12. The molecule has 3 amide bonds. The summed E-state index contributed by atoms with van der Waals surface area (Å²) >= 11 is 0. The second-order valence-electron chi connectivity index (χ2n) is 5.84. The fourth-order valence-electron chi connectivity index (χ4n) is 2.33. The lowest BCUT2D eigenvalue weighted by molar-refractivity contribution is -0.136. The van der Waals surface area contributed by atoms with E-state index in [2.05, 4.69) is 12.2 Å². The van der Waals surface area contributed by atoms with Gasteiger partial charge in [-0.25, -0.2) is 0 Å². The van der Waals surface area contributed by atoms with Crippen LogP contribution in [-0.4, -0.2) is 48.4 Å². The van der Waals surface area contributed by atoms with Crippen molar-refractivity contribution in [1.82, 2.24) is 10.2 Å². The average molecular weight is 324 g/mol. The molecule has 0 aromatic heterocycles. The third kappa shape index (κ3) is 7.93. The van der Waals surface area contributed by atoms with E-state index < -0.39 is 0 Å². The van der Waals surface area contributed by atoms with Crippen molar-refractivity contribution in [2.45, 2.75) is 58.5 Å². The van der Waals surface area contributed by atoms with Crippen molar-refractivity contribution in [2.24, 2.45) is 0 Å². The van der Waals surface area contributed by atoms with Gasteiger partial charge in [0.2, 0.25) is 5.91 Å². The standard InChI is InChI=1S/C17H28N2O4/c1-3-4-5-6-8-14(2)23-13-15(20)18-11-7-12-19-16(21)9-10-17(19)22/h9-10,14H,3-8,11-13H2,1-2H3,(H,18,20). The summed E-state index contributed by atoms with van der Waals surface area (Å²) in [5, 5.41) is 2.73. The van der Waals surface area contributed by atoms with Gasteiger partial charge in [-0.3, -0.25) is 19.3 Å². The van der Waals surface area contributed by atoms with Gasteiger partial charge >= 0.3 is 0 Å². The topological polar surface area (TPSA) is 75.7 Å². The van der Waals surface area contributed by atoms with E-state index in [4.69, 9.17) is 4.74 Å². The van der Waals surface area contributed by atoms with E-state index in [1.54, 1.807) is 0 Å². The van der Waals surface area contributed by atoms with Crippen molar-refractivity contribution in [3.05, 3.63) is 12.2 Å². The summed E-state index contributed by atoms with van der Waals surface area (Å²) in [4.78, 5) is 35.5. The minimum absolute atomic E-state index is 0.0536. The van der Waals surface area contributed by atoms with E-state index in [1.165, 1.54) is 36.3 Å². The molecule has 6 heteroatoms. The largest absolute Gasteiger partial charge is 0.369 e. The summed E-state index contributed by atoms with van der Waals surface area (Å²) < 4.78 is 5.51. The molecule has 23 heavy (non-hydrogen) atoms. The summed E-state index contributed by atoms with van der Waals surface area (Å²) in [6.07, 6.45) is 8.91. The molecule has 1 N–H and O–H groups in total. The van der Waals surface area contributed by atoms with Gasteiger partial charge in [-0.05, 0) is 19.8 Å². The molecule has 1 aliphatic heterocycles. The summed E-state index contributed by atoms with van der Waals surface area (Å²) in [6.45, 7) is 4.95. The predicted molar refractivity (Wildman–Crippen MR) is 87.7 cm³/mol. The molecule has 0 bridgehead atoms. The zero-order valence-electron chi connectivity index (χ0n) is 14.2. The summed E-state index contributed by atoms with van der Waals surface area (Å²) in [5.74, 6) is -0.745. The Labute approximate surface area is 138 Å². The fourth-order valence-corrected chi connectivity index (χ4v) is 2.33. The van der Waals surface area contributed by atoms with Crippen LogP contribution >= 0.6 is 0 Å². The molecule has 1 rings (SSSR count). The quantitative estimate of drug-likeness (QED) is 0.439. The van der Waals surface area contributed by atoms with E-state index in [-0.39, 0.29) is 30.4 Å². The summed E-state index contributed by atoms with van der Waals surface area (Å²) in [5.41, 5.74) is 0. The molecule has 0 aromatic rings. The zero-order valence-corrected chi connectivity index (χ0v) is 14.2. The van der Waals surface area contributed by atoms with E-state index in [0.717, 1.165) is 12.8 Å². The van der Waals surface area contributed by atoms with Crippen molar-refractivity contribution < 1.29 is 19.1 Å². The number of nitrogens with zero attached hydrogens (tertiary/aromatic N) is 1. The highest BCUT2D eigenvalue weighted by Gasteiger charge is 2.22. The van der Waals surface area contributed by atoms with Crippen LogP contribution in [-0.2, 0) is 19.1 Å². The predicted octanol–water partition coefficient (Wildman–Crippen LogP) is 1.79. The first-order valence-corrected chi connectivity index (χ1v) is 8.46. The Balaban J connectivity index is 2.02. The Bertz CT molecular complexity index is 416. The summed E-state index contributed by atoms with van der Waals surface area (Å²) in [6, 6.07) is 0. The molecule has 0 radical (unpaired) electrons. The molecule has 1 atom stereocenters. The molecule has 0 aromatic carbocycles. The number of unbranched alkanes of at least 4 members (excludes halogenated alkanes) is 3. The van der Waals surface area contributed by atoms with Crippen molar-refractivity contribution in [2.75, 3.05) is 19.7 Å². The number of amides is 3. The molecular weight excluding hydrogens is 296 g/mol. The Kier molecular flexibility index (Phi) is 9.21. The van der Waals surface area contributed by atoms with Crippen molar-refractivity contribution in [3.63, 3.8) is 0 Å². The van der Waals surface area contributed by atoms with Crippen LogP contribution < -0.4 is 5.32 Å². The first-order valence-electron chi connectivity index (χ1n) is 8.46. The first-order chi connectivity index (χ1) is 11.0. The number of ether oxygens (including phenoxy) is 1. The third-order valence-electron chi connectivity index (χ3n) is 3.74. The maximum Gasteiger partial charge on any atom is 0.253 e. The van der Waals surface area contributed by atoms with Crippen LogP contribution in [0, 0.1) is 0 Å². The molecular formula is C17H28N2O4. The number of hydrogen-bond donors (Lipinski definition) is 1. The zero-order chi connectivity index (χ0) is 17.1. The lowest BCUT2D eigenvalue weighted by Gasteiger charge is -2.14. The van der Waals surface area contributed by atoms with Crippen LogP contribution in [0.25, 0.3) is 0 Å². The number of carbonyl (C=O) groups excluding carboxylic acids is 3. The molecule has 0 saturated carbocycles. The van der Waals surface area contributed by atoms with Crippen LogP contribution in [0.4, 0.5) is 0 Å². The first kappa shape index (κ1) is 19.4. The smallest absolute Gasteiger partial charge is 0.253 e. The van der Waals surface area contributed by atoms with Crippen molar-refractivity contribution in [3.8, 4) is 0 Å². The summed E-state index contributed by atoms with van der Waals surface area (Å²) in [7, 11) is 0. The normalized spacial score (nSPS) is 15.3. The average Bonchev–Trinajstić information content (AvgIpc) is 2.85. The third-order valence-corrected chi connectivity index (χ3v) is 3.74. The Morgan fingerprint density at radius 2 is 1.87 bits per heavy atom. The van der Waals surface area contributed by atoms with E-state index >= 15 is 0 Å². The van der Waals surface area contributed by atoms with Crippen LogP contribution in [0.3, 0.4) is 0 Å². The highest BCUT2D eigenvalue weighted by Crippen LogP contribution is 2.07. The molecule has 0 fully saturated rings. The Morgan fingerprint density at radius 1 is 1.17 bits per heavy atom. The van der Waals surface area contributed by atoms with Crippen molar-refractivity contribution in [1.29, 1.82) is 0 Å². The molecule has 1 heterocycles. The molecule has 6 nitrogen and oxygen atoms in total. The maximum atomic E-state index is 11.7. The minimum Gasteiger partial charge on any atom is -0.369 e. The van der Waals surface area contributed by atoms with E-state index in [0.29, 0.717) is 19.5 Å². The molecule has 1 unspecified atom stereocenters. The monoisotopic (exact) mass is 324 g/mol. The van der Waals surface area contributed by atoms with Gasteiger partial charge in [-0.2, -0.15) is 0 Å². The van der Waals surface area contributed by atoms with E-state index in [1.807, 2.05) is 6.92 Å². The molecule has 130 valence electrons. The molecule has 0 aliphatic carbocycles. The minimum atomic E-state index is -0.290. The highest BCUT2D eigenvalue weighted by molar-refractivity contribution is 6.12. The fraction of sp³-hybridized carbons (Fsp3) is 0.706. The second-order valence-corrected chi connectivity index (χ2v) is 5.84. The van der Waals surface area contributed by atoms with Crippen LogP contribution in [0.2, 0.25) is 0 Å². The van der Waals surface area contributed by atoms with Gasteiger partial charge in [0, 0.05) is 25.2 Å². The number of hydrogen-bond acceptors (Lipinski definition) is 4. The molecule has 0 saturated heterocycles. The molecule has 1 aliphatic rings. The SMILES string of the molecule is CCCCCCC(C)OCC(=O)NCCCN1C(=O)C=CC1=O. The molecule has 0 spiro atoms. The van der Waals surface area contributed by atoms with Gasteiger partial charge in [-0.1, -0.05) is 32.6 Å². The van der Waals surface area contributed by atoms with Crippen LogP contribution in [0.15, 0.2) is 12.2 Å². The van der Waals surface area contributed by atoms with E-state index in [9.17, 15) is 14.4 Å². The lowest BCUT2D eigenvalue weighted by atomic mass is 10.1. The number of imide groups is 1. The van der Waals surface area contributed by atoms with Gasteiger partial charge < -0.3 is 10.1 Å². The number of nitrogens with one attached hydrogen (secondary N) is 1.